The lowest BCUT2D eigenvalue weighted by molar-refractivity contribution is 0.636. The van der Waals surface area contributed by atoms with Gasteiger partial charge in [0.05, 0.1) is 12.0 Å². The van der Waals surface area contributed by atoms with Gasteiger partial charge < -0.3 is 0 Å². The van der Waals surface area contributed by atoms with Crippen LogP contribution in [0.3, 0.4) is 0 Å². The van der Waals surface area contributed by atoms with E-state index in [1.807, 2.05) is 12.1 Å². The number of fused-ring (bicyclic) bond motifs is 1. The van der Waals surface area contributed by atoms with Crippen molar-refractivity contribution in [3.8, 4) is 6.07 Å². The minimum atomic E-state index is 0.0302. The van der Waals surface area contributed by atoms with E-state index in [9.17, 15) is 5.26 Å². The standard InChI is InChI=1S/C17H19N/c1-2-3-4-9-15(13-18)17-12-7-10-14-8-5-6-11-16(14)17/h5-8,10-12,15H,2-4,9H2,1H3. The quantitative estimate of drug-likeness (QED) is 0.669. The molecule has 2 aromatic rings. The Balaban J connectivity index is 2.31. The van der Waals surface area contributed by atoms with E-state index in [1.54, 1.807) is 0 Å². The first-order chi connectivity index (χ1) is 8.86. The van der Waals surface area contributed by atoms with E-state index in [4.69, 9.17) is 0 Å². The number of unbranched alkanes of at least 4 members (excludes halogenated alkanes) is 2. The van der Waals surface area contributed by atoms with Gasteiger partial charge in [-0.15, -0.1) is 0 Å². The molecule has 2 aromatic carbocycles. The Morgan fingerprint density at radius 2 is 1.83 bits per heavy atom. The van der Waals surface area contributed by atoms with Crippen LogP contribution in [0.5, 0.6) is 0 Å². The van der Waals surface area contributed by atoms with Crippen LogP contribution in [-0.4, -0.2) is 0 Å². The second-order valence-electron chi connectivity index (χ2n) is 4.75. The Morgan fingerprint density at radius 3 is 2.61 bits per heavy atom. The SMILES string of the molecule is CCCCCC(C#N)c1cccc2ccccc12. The largest absolute Gasteiger partial charge is 0.198 e. The molecule has 0 radical (unpaired) electrons. The van der Waals surface area contributed by atoms with E-state index in [0.717, 1.165) is 12.8 Å². The van der Waals surface area contributed by atoms with Gasteiger partial charge >= 0.3 is 0 Å². The van der Waals surface area contributed by atoms with Gasteiger partial charge in [0.25, 0.3) is 0 Å². The van der Waals surface area contributed by atoms with E-state index in [1.165, 1.54) is 29.2 Å². The minimum Gasteiger partial charge on any atom is -0.198 e. The summed E-state index contributed by atoms with van der Waals surface area (Å²) in [7, 11) is 0. The van der Waals surface area contributed by atoms with Crippen molar-refractivity contribution >= 4 is 10.8 Å². The van der Waals surface area contributed by atoms with Crippen LogP contribution in [0.25, 0.3) is 10.8 Å². The second kappa shape index (κ2) is 6.21. The van der Waals surface area contributed by atoms with Crippen LogP contribution >= 0.6 is 0 Å². The minimum absolute atomic E-state index is 0.0302. The molecule has 0 bridgehead atoms. The van der Waals surface area contributed by atoms with Gasteiger partial charge in [-0.2, -0.15) is 5.26 Å². The van der Waals surface area contributed by atoms with Crippen molar-refractivity contribution in [2.45, 2.75) is 38.5 Å². The average molecular weight is 237 g/mol. The highest BCUT2D eigenvalue weighted by Gasteiger charge is 2.12. The fraction of sp³-hybridized carbons (Fsp3) is 0.353. The molecule has 0 aromatic heterocycles. The highest BCUT2D eigenvalue weighted by molar-refractivity contribution is 5.86. The maximum atomic E-state index is 9.39. The number of rotatable bonds is 5. The van der Waals surface area contributed by atoms with Crippen LogP contribution in [0, 0.1) is 11.3 Å². The monoisotopic (exact) mass is 237 g/mol. The summed E-state index contributed by atoms with van der Waals surface area (Å²) in [5, 5.41) is 11.8. The smallest absolute Gasteiger partial charge is 0.0718 e. The van der Waals surface area contributed by atoms with Crippen LogP contribution < -0.4 is 0 Å². The second-order valence-corrected chi connectivity index (χ2v) is 4.75. The zero-order valence-electron chi connectivity index (χ0n) is 10.9. The molecule has 0 amide bonds. The molecule has 1 unspecified atom stereocenters. The zero-order chi connectivity index (χ0) is 12.8. The number of hydrogen-bond donors (Lipinski definition) is 0. The Bertz CT molecular complexity index is 546. The molecule has 0 fully saturated rings. The molecule has 1 atom stereocenters. The molecular weight excluding hydrogens is 218 g/mol. The van der Waals surface area contributed by atoms with Gasteiger partial charge in [-0.3, -0.25) is 0 Å². The van der Waals surface area contributed by atoms with Crippen molar-refractivity contribution in [2.75, 3.05) is 0 Å². The Morgan fingerprint density at radius 1 is 1.06 bits per heavy atom. The zero-order valence-corrected chi connectivity index (χ0v) is 10.9. The lowest BCUT2D eigenvalue weighted by atomic mass is 9.90. The predicted octanol–water partition coefficient (Wildman–Crippen LogP) is 5.03. The molecule has 0 spiro atoms. The predicted molar refractivity (Wildman–Crippen MR) is 76.4 cm³/mol. The summed E-state index contributed by atoms with van der Waals surface area (Å²) in [5.74, 6) is 0.0302. The van der Waals surface area contributed by atoms with Crippen molar-refractivity contribution in [3.05, 3.63) is 48.0 Å². The van der Waals surface area contributed by atoms with E-state index in [0.29, 0.717) is 0 Å². The van der Waals surface area contributed by atoms with Crippen molar-refractivity contribution in [1.29, 1.82) is 5.26 Å². The third kappa shape index (κ3) is 2.71. The number of nitriles is 1. The molecule has 0 saturated carbocycles. The first-order valence-corrected chi connectivity index (χ1v) is 6.74. The summed E-state index contributed by atoms with van der Waals surface area (Å²) < 4.78 is 0. The lowest BCUT2D eigenvalue weighted by Crippen LogP contribution is -1.97. The topological polar surface area (TPSA) is 23.8 Å². The van der Waals surface area contributed by atoms with Crippen molar-refractivity contribution in [1.82, 2.24) is 0 Å². The Labute approximate surface area is 109 Å². The molecule has 0 heterocycles. The molecular formula is C17H19N. The van der Waals surface area contributed by atoms with E-state index in [-0.39, 0.29) is 5.92 Å². The fourth-order valence-electron chi connectivity index (χ4n) is 2.44. The molecule has 0 aliphatic heterocycles. The van der Waals surface area contributed by atoms with Crippen molar-refractivity contribution in [3.63, 3.8) is 0 Å². The third-order valence-electron chi connectivity index (χ3n) is 3.45. The Hall–Kier alpha value is -1.81. The number of nitrogens with zero attached hydrogens (tertiary/aromatic N) is 1. The highest BCUT2D eigenvalue weighted by Crippen LogP contribution is 2.28. The molecule has 0 aliphatic carbocycles. The molecule has 1 heteroatoms. The maximum Gasteiger partial charge on any atom is 0.0718 e. The summed E-state index contributed by atoms with van der Waals surface area (Å²) >= 11 is 0. The molecule has 0 N–H and O–H groups in total. The summed E-state index contributed by atoms with van der Waals surface area (Å²) in [6, 6.07) is 17.1. The highest BCUT2D eigenvalue weighted by atomic mass is 14.3. The normalized spacial score (nSPS) is 12.2. The number of benzene rings is 2. The van der Waals surface area contributed by atoms with Gasteiger partial charge in [-0.1, -0.05) is 68.7 Å². The van der Waals surface area contributed by atoms with E-state index in [2.05, 4.69) is 43.3 Å². The van der Waals surface area contributed by atoms with Crippen molar-refractivity contribution < 1.29 is 0 Å². The first-order valence-electron chi connectivity index (χ1n) is 6.74. The van der Waals surface area contributed by atoms with Gasteiger partial charge in [-0.05, 0) is 22.8 Å². The van der Waals surface area contributed by atoms with Gasteiger partial charge in [0, 0.05) is 0 Å². The average Bonchev–Trinajstić information content (AvgIpc) is 2.43. The van der Waals surface area contributed by atoms with Crippen LogP contribution in [0.4, 0.5) is 0 Å². The molecule has 2 rings (SSSR count). The van der Waals surface area contributed by atoms with Gasteiger partial charge in [0.2, 0.25) is 0 Å². The van der Waals surface area contributed by atoms with Gasteiger partial charge in [0.1, 0.15) is 0 Å². The van der Waals surface area contributed by atoms with Gasteiger partial charge in [-0.25, -0.2) is 0 Å². The van der Waals surface area contributed by atoms with Crippen LogP contribution in [0.2, 0.25) is 0 Å². The fourth-order valence-corrected chi connectivity index (χ4v) is 2.44. The summed E-state index contributed by atoms with van der Waals surface area (Å²) in [4.78, 5) is 0. The number of hydrogen-bond acceptors (Lipinski definition) is 1. The third-order valence-corrected chi connectivity index (χ3v) is 3.45. The van der Waals surface area contributed by atoms with Crippen LogP contribution in [0.15, 0.2) is 42.5 Å². The van der Waals surface area contributed by atoms with E-state index >= 15 is 0 Å². The molecule has 0 aliphatic rings. The van der Waals surface area contributed by atoms with E-state index < -0.39 is 0 Å². The van der Waals surface area contributed by atoms with Crippen LogP contribution in [0.1, 0.15) is 44.1 Å². The Kier molecular flexibility index (Phi) is 4.36. The summed E-state index contributed by atoms with van der Waals surface area (Å²) in [6.45, 7) is 2.19. The van der Waals surface area contributed by atoms with Gasteiger partial charge in [0.15, 0.2) is 0 Å². The lowest BCUT2D eigenvalue weighted by Gasteiger charge is -2.12. The summed E-state index contributed by atoms with van der Waals surface area (Å²) in [6.07, 6.45) is 4.52. The molecule has 18 heavy (non-hydrogen) atoms. The molecule has 1 nitrogen and oxygen atoms in total. The maximum absolute atomic E-state index is 9.39. The molecule has 0 saturated heterocycles. The summed E-state index contributed by atoms with van der Waals surface area (Å²) in [5.41, 5.74) is 1.19. The molecule has 92 valence electrons. The van der Waals surface area contributed by atoms with Crippen LogP contribution in [-0.2, 0) is 0 Å². The first kappa shape index (κ1) is 12.6. The van der Waals surface area contributed by atoms with Crippen molar-refractivity contribution in [2.24, 2.45) is 0 Å².